The van der Waals surface area contributed by atoms with Crippen molar-refractivity contribution in [2.75, 3.05) is 44.6 Å². The quantitative estimate of drug-likeness (QED) is 0.253. The molecule has 1 atom stereocenters. The van der Waals surface area contributed by atoms with Crippen molar-refractivity contribution in [3.63, 3.8) is 0 Å². The summed E-state index contributed by atoms with van der Waals surface area (Å²) in [5.41, 5.74) is 3.11. The number of hydrogen-bond acceptors (Lipinski definition) is 9. The van der Waals surface area contributed by atoms with E-state index in [2.05, 4.69) is 15.6 Å². The van der Waals surface area contributed by atoms with Gasteiger partial charge in [-0.15, -0.1) is 11.8 Å². The third-order valence-electron chi connectivity index (χ3n) is 6.41. The number of aromatic nitrogens is 1. The van der Waals surface area contributed by atoms with Gasteiger partial charge in [0.15, 0.2) is 5.13 Å². The van der Waals surface area contributed by atoms with E-state index in [1.54, 1.807) is 46.8 Å². The molecule has 1 fully saturated rings. The molecule has 0 aliphatic carbocycles. The van der Waals surface area contributed by atoms with Crippen LogP contribution in [-0.2, 0) is 17.1 Å². The van der Waals surface area contributed by atoms with Gasteiger partial charge in [0.2, 0.25) is 5.91 Å². The van der Waals surface area contributed by atoms with Crippen molar-refractivity contribution in [3.8, 4) is 0 Å². The first-order chi connectivity index (χ1) is 19.3. The van der Waals surface area contributed by atoms with E-state index < -0.39 is 6.10 Å². The van der Waals surface area contributed by atoms with Gasteiger partial charge < -0.3 is 25.3 Å². The maximum absolute atomic E-state index is 13.0. The molecule has 10 nitrogen and oxygen atoms in total. The molecule has 12 heteroatoms. The van der Waals surface area contributed by atoms with Crippen molar-refractivity contribution >= 4 is 46.0 Å². The third-order valence-corrected chi connectivity index (χ3v) is 8.59. The van der Waals surface area contributed by atoms with Crippen LogP contribution in [0, 0.1) is 0 Å². The summed E-state index contributed by atoms with van der Waals surface area (Å²) in [7, 11) is 0. The molecular formula is C28H33N5O5S2. The lowest BCUT2D eigenvalue weighted by Crippen LogP contribution is -2.50. The number of anilines is 1. The highest BCUT2D eigenvalue weighted by molar-refractivity contribution is 8.00. The van der Waals surface area contributed by atoms with Crippen molar-refractivity contribution in [3.05, 3.63) is 77.0 Å². The summed E-state index contributed by atoms with van der Waals surface area (Å²) in [5, 5.41) is 24.6. The molecule has 3 amide bonds. The van der Waals surface area contributed by atoms with E-state index in [9.17, 15) is 19.5 Å². The largest absolute Gasteiger partial charge is 0.394 e. The lowest BCUT2D eigenvalue weighted by Gasteiger charge is -2.34. The number of benzene rings is 2. The predicted octanol–water partition coefficient (Wildman–Crippen LogP) is 2.43. The summed E-state index contributed by atoms with van der Waals surface area (Å²) in [4.78, 5) is 45.0. The number of nitrogens with one attached hydrogen (secondary N) is 2. The number of piperazine rings is 1. The second-order valence-electron chi connectivity index (χ2n) is 9.39. The Morgan fingerprint density at radius 3 is 2.45 bits per heavy atom. The number of aliphatic hydroxyl groups excluding tert-OH is 2. The number of thioether (sulfide) groups is 1. The smallest absolute Gasteiger partial charge is 0.257 e. The Bertz CT molecular complexity index is 1310. The molecule has 1 aliphatic rings. The maximum atomic E-state index is 13.0. The molecule has 1 aromatic heterocycles. The lowest BCUT2D eigenvalue weighted by molar-refractivity contribution is -0.130. The average molecular weight is 584 g/mol. The number of rotatable bonds is 11. The summed E-state index contributed by atoms with van der Waals surface area (Å²) >= 11 is 2.97. The first-order valence-electron chi connectivity index (χ1n) is 12.9. The normalized spacial score (nSPS) is 14.2. The number of aliphatic hydroxyl groups is 2. The Kier molecular flexibility index (Phi) is 10.7. The summed E-state index contributed by atoms with van der Waals surface area (Å²) in [6.45, 7) is 4.24. The molecule has 3 aromatic rings. The molecule has 4 rings (SSSR count). The minimum atomic E-state index is -0.799. The molecule has 1 unspecified atom stereocenters. The SMILES string of the molecule is CC(=O)N1CCN(C(=O)c2cccc(CSc3cnc(NC(=O)c4ccc(CNCC(O)CO)cc4)s3)c2)CC1. The molecule has 4 N–H and O–H groups in total. The fourth-order valence-corrected chi connectivity index (χ4v) is 5.94. The molecule has 2 heterocycles. The Morgan fingerprint density at radius 2 is 1.75 bits per heavy atom. The Morgan fingerprint density at radius 1 is 1.02 bits per heavy atom. The van der Waals surface area contributed by atoms with Crippen molar-refractivity contribution in [2.24, 2.45) is 0 Å². The molecule has 0 saturated carbocycles. The minimum Gasteiger partial charge on any atom is -0.394 e. The van der Waals surface area contributed by atoms with Gasteiger partial charge in [-0.1, -0.05) is 35.6 Å². The van der Waals surface area contributed by atoms with E-state index in [0.29, 0.717) is 54.7 Å². The Labute approximate surface area is 241 Å². The van der Waals surface area contributed by atoms with Crippen LogP contribution < -0.4 is 10.6 Å². The highest BCUT2D eigenvalue weighted by Crippen LogP contribution is 2.31. The van der Waals surface area contributed by atoms with Gasteiger partial charge in [0, 0.05) is 63.1 Å². The van der Waals surface area contributed by atoms with Crippen molar-refractivity contribution in [2.45, 2.75) is 29.5 Å². The van der Waals surface area contributed by atoms with E-state index in [-0.39, 0.29) is 30.9 Å². The number of hydrogen-bond donors (Lipinski definition) is 4. The minimum absolute atomic E-state index is 0.0253. The van der Waals surface area contributed by atoms with Crippen LogP contribution in [-0.4, -0.2) is 88.2 Å². The van der Waals surface area contributed by atoms with Crippen LogP contribution in [0.3, 0.4) is 0 Å². The second-order valence-corrected chi connectivity index (χ2v) is 11.7. The number of thiazole rings is 1. The number of carbonyl (C=O) groups excluding carboxylic acids is 3. The number of amides is 3. The summed E-state index contributed by atoms with van der Waals surface area (Å²) < 4.78 is 0.943. The Balaban J connectivity index is 1.25. The van der Waals surface area contributed by atoms with Crippen LogP contribution in [0.1, 0.15) is 38.8 Å². The molecular weight excluding hydrogens is 550 g/mol. The van der Waals surface area contributed by atoms with Gasteiger partial charge >= 0.3 is 0 Å². The van der Waals surface area contributed by atoms with Gasteiger partial charge in [-0.05, 0) is 35.4 Å². The van der Waals surface area contributed by atoms with Crippen LogP contribution in [0.2, 0.25) is 0 Å². The van der Waals surface area contributed by atoms with E-state index in [1.165, 1.54) is 11.3 Å². The lowest BCUT2D eigenvalue weighted by atomic mass is 10.1. The van der Waals surface area contributed by atoms with Gasteiger partial charge in [0.25, 0.3) is 11.8 Å². The third kappa shape index (κ3) is 8.35. The summed E-state index contributed by atoms with van der Waals surface area (Å²) in [6, 6.07) is 14.7. The molecule has 0 bridgehead atoms. The zero-order chi connectivity index (χ0) is 28.5. The van der Waals surface area contributed by atoms with Gasteiger partial charge in [-0.3, -0.25) is 19.7 Å². The topological polar surface area (TPSA) is 135 Å². The monoisotopic (exact) mass is 583 g/mol. The van der Waals surface area contributed by atoms with Crippen LogP contribution in [0.25, 0.3) is 0 Å². The van der Waals surface area contributed by atoms with Gasteiger partial charge in [-0.2, -0.15) is 0 Å². The van der Waals surface area contributed by atoms with E-state index >= 15 is 0 Å². The van der Waals surface area contributed by atoms with E-state index in [4.69, 9.17) is 5.11 Å². The molecule has 40 heavy (non-hydrogen) atoms. The number of carbonyl (C=O) groups is 3. The zero-order valence-corrected chi connectivity index (χ0v) is 23.8. The highest BCUT2D eigenvalue weighted by Gasteiger charge is 2.23. The van der Waals surface area contributed by atoms with Gasteiger partial charge in [0.05, 0.1) is 23.1 Å². The van der Waals surface area contributed by atoms with Crippen LogP contribution in [0.5, 0.6) is 0 Å². The Hall–Kier alpha value is -3.29. The zero-order valence-electron chi connectivity index (χ0n) is 22.2. The van der Waals surface area contributed by atoms with Crippen LogP contribution in [0.4, 0.5) is 5.13 Å². The summed E-state index contributed by atoms with van der Waals surface area (Å²) in [6.07, 6.45) is 0.928. The van der Waals surface area contributed by atoms with Crippen LogP contribution >= 0.6 is 23.1 Å². The van der Waals surface area contributed by atoms with E-state index in [1.807, 2.05) is 36.4 Å². The number of nitrogens with zero attached hydrogens (tertiary/aromatic N) is 3. The first-order valence-corrected chi connectivity index (χ1v) is 14.7. The fourth-order valence-electron chi connectivity index (χ4n) is 4.13. The molecule has 0 spiro atoms. The molecule has 0 radical (unpaired) electrons. The average Bonchev–Trinajstić information content (AvgIpc) is 3.43. The predicted molar refractivity (Wildman–Crippen MR) is 155 cm³/mol. The fraction of sp³-hybridized carbons (Fsp3) is 0.357. The second kappa shape index (κ2) is 14.4. The molecule has 1 aliphatic heterocycles. The van der Waals surface area contributed by atoms with Crippen molar-refractivity contribution in [1.82, 2.24) is 20.1 Å². The van der Waals surface area contributed by atoms with E-state index in [0.717, 1.165) is 15.3 Å². The molecule has 2 aromatic carbocycles. The van der Waals surface area contributed by atoms with Crippen molar-refractivity contribution < 1.29 is 24.6 Å². The molecule has 1 saturated heterocycles. The van der Waals surface area contributed by atoms with Crippen LogP contribution in [0.15, 0.2) is 58.9 Å². The summed E-state index contributed by atoms with van der Waals surface area (Å²) in [5.74, 6) is 0.409. The van der Waals surface area contributed by atoms with Gasteiger partial charge in [-0.25, -0.2) is 4.98 Å². The maximum Gasteiger partial charge on any atom is 0.257 e. The first kappa shape index (κ1) is 29.7. The van der Waals surface area contributed by atoms with Gasteiger partial charge in [0.1, 0.15) is 0 Å². The molecule has 212 valence electrons. The highest BCUT2D eigenvalue weighted by atomic mass is 32.2. The standard InChI is InChI=1S/C28H33N5O5S2/c1-19(35)32-9-11-33(12-10-32)27(38)23-4-2-3-21(13-23)18-39-25-16-30-28(40-25)31-26(37)22-7-5-20(6-8-22)14-29-15-24(36)17-34/h2-8,13,16,24,29,34,36H,9-12,14-15,17-18H2,1H3,(H,30,31,37). The van der Waals surface area contributed by atoms with Crippen molar-refractivity contribution in [1.29, 1.82) is 0 Å².